The van der Waals surface area contributed by atoms with Crippen molar-refractivity contribution in [3.63, 3.8) is 0 Å². The molecule has 0 spiro atoms. The Morgan fingerprint density at radius 3 is 1.63 bits per heavy atom. The van der Waals surface area contributed by atoms with Crippen molar-refractivity contribution in [1.82, 2.24) is 5.43 Å². The molecule has 0 aliphatic rings. The monoisotopic (exact) mass is 611 g/mol. The van der Waals surface area contributed by atoms with Gasteiger partial charge in [0.05, 0.1) is 0 Å². The van der Waals surface area contributed by atoms with Crippen molar-refractivity contribution in [1.29, 1.82) is 0 Å². The zero-order chi connectivity index (χ0) is 32.0. The molecule has 5 rings (SSSR count). The topological polar surface area (TPSA) is 72.4 Å². The standard InChI is InChI=1S/C39H37N3O4/c1-42(2)35-22-20-30(21-23-35)19-12-24-40-41-39(43)34-25-36(44-27-31-13-6-3-7-14-31)38(46-29-33-17-10-5-11-18-33)37(26-34)45-28-32-15-8-4-9-16-32/h3-26H,27-29H2,1-2H3,(H,41,43)/b19-12+,40-24+. The van der Waals surface area contributed by atoms with Crippen LogP contribution in [0.25, 0.3) is 6.08 Å². The van der Waals surface area contributed by atoms with Crippen molar-refractivity contribution in [3.8, 4) is 17.2 Å². The summed E-state index contributed by atoms with van der Waals surface area (Å²) in [5.41, 5.74) is 8.01. The van der Waals surface area contributed by atoms with E-state index in [2.05, 4.69) is 10.5 Å². The predicted molar refractivity (Wildman–Crippen MR) is 185 cm³/mol. The third-order valence-corrected chi connectivity index (χ3v) is 7.01. The first-order valence-corrected chi connectivity index (χ1v) is 15.0. The summed E-state index contributed by atoms with van der Waals surface area (Å²) in [6, 6.07) is 40.9. The van der Waals surface area contributed by atoms with Gasteiger partial charge in [0, 0.05) is 31.6 Å². The van der Waals surface area contributed by atoms with Gasteiger partial charge < -0.3 is 19.1 Å². The minimum atomic E-state index is -0.413. The van der Waals surface area contributed by atoms with Gasteiger partial charge in [0.25, 0.3) is 5.91 Å². The van der Waals surface area contributed by atoms with Crippen molar-refractivity contribution >= 4 is 23.9 Å². The van der Waals surface area contributed by atoms with E-state index in [-0.39, 0.29) is 13.2 Å². The second-order valence-electron chi connectivity index (χ2n) is 10.7. The third-order valence-electron chi connectivity index (χ3n) is 7.01. The summed E-state index contributed by atoms with van der Waals surface area (Å²) < 4.78 is 18.9. The number of nitrogens with one attached hydrogen (secondary N) is 1. The number of amides is 1. The lowest BCUT2D eigenvalue weighted by atomic mass is 10.1. The quantitative estimate of drug-likeness (QED) is 0.102. The lowest BCUT2D eigenvalue weighted by Crippen LogP contribution is -2.18. The van der Waals surface area contributed by atoms with Crippen molar-refractivity contribution in [3.05, 3.63) is 161 Å². The molecule has 0 saturated carbocycles. The molecule has 1 amide bonds. The highest BCUT2D eigenvalue weighted by Gasteiger charge is 2.20. The molecule has 46 heavy (non-hydrogen) atoms. The number of benzene rings is 5. The van der Waals surface area contributed by atoms with Gasteiger partial charge in [-0.05, 0) is 52.6 Å². The van der Waals surface area contributed by atoms with Crippen LogP contribution >= 0.6 is 0 Å². The Balaban J connectivity index is 1.38. The zero-order valence-electron chi connectivity index (χ0n) is 26.0. The molecular weight excluding hydrogens is 574 g/mol. The van der Waals surface area contributed by atoms with Gasteiger partial charge in [-0.1, -0.05) is 109 Å². The fraction of sp³-hybridized carbons (Fsp3) is 0.128. The number of hydrogen-bond acceptors (Lipinski definition) is 6. The highest BCUT2D eigenvalue weighted by Crippen LogP contribution is 2.40. The average molecular weight is 612 g/mol. The molecule has 0 radical (unpaired) electrons. The van der Waals surface area contributed by atoms with E-state index >= 15 is 0 Å². The number of rotatable bonds is 14. The molecule has 0 saturated heterocycles. The Bertz CT molecular complexity index is 1670. The van der Waals surface area contributed by atoms with Gasteiger partial charge in [-0.15, -0.1) is 0 Å². The fourth-order valence-electron chi connectivity index (χ4n) is 4.51. The van der Waals surface area contributed by atoms with Crippen molar-refractivity contribution in [2.45, 2.75) is 19.8 Å². The molecule has 0 unspecified atom stereocenters. The second kappa shape index (κ2) is 16.3. The van der Waals surface area contributed by atoms with E-state index in [1.807, 2.05) is 140 Å². The maximum absolute atomic E-state index is 13.3. The molecule has 0 aliphatic carbocycles. The molecule has 0 fully saturated rings. The molecule has 0 aliphatic heterocycles. The van der Waals surface area contributed by atoms with Crippen LogP contribution in [0.4, 0.5) is 5.69 Å². The van der Waals surface area contributed by atoms with Gasteiger partial charge in [0.2, 0.25) is 5.75 Å². The van der Waals surface area contributed by atoms with Crippen LogP contribution in [0.5, 0.6) is 17.2 Å². The lowest BCUT2D eigenvalue weighted by molar-refractivity contribution is 0.0953. The van der Waals surface area contributed by atoms with E-state index in [0.29, 0.717) is 29.4 Å². The van der Waals surface area contributed by atoms with Crippen LogP contribution in [-0.2, 0) is 19.8 Å². The SMILES string of the molecule is CN(C)c1ccc(/C=C/C=N/NC(=O)c2cc(OCc3ccccc3)c(OCc3ccccc3)c(OCc3ccccc3)c2)cc1. The Kier molecular flexibility index (Phi) is 11.2. The molecule has 1 N–H and O–H groups in total. The summed E-state index contributed by atoms with van der Waals surface area (Å²) >= 11 is 0. The van der Waals surface area contributed by atoms with Gasteiger partial charge in [0.15, 0.2) is 11.5 Å². The van der Waals surface area contributed by atoms with E-state index in [9.17, 15) is 4.79 Å². The Hall–Kier alpha value is -5.82. The molecule has 0 heterocycles. The van der Waals surface area contributed by atoms with Crippen LogP contribution in [0.2, 0.25) is 0 Å². The van der Waals surface area contributed by atoms with E-state index in [4.69, 9.17) is 14.2 Å². The summed E-state index contributed by atoms with van der Waals surface area (Å²) in [7, 11) is 4.00. The molecule has 5 aromatic rings. The normalized spacial score (nSPS) is 11.0. The lowest BCUT2D eigenvalue weighted by Gasteiger charge is -2.19. The van der Waals surface area contributed by atoms with Gasteiger partial charge in [-0.2, -0.15) is 5.10 Å². The first-order chi connectivity index (χ1) is 22.5. The maximum Gasteiger partial charge on any atom is 0.271 e. The van der Waals surface area contributed by atoms with Crippen molar-refractivity contribution in [2.75, 3.05) is 19.0 Å². The Labute approximate surface area is 270 Å². The van der Waals surface area contributed by atoms with Crippen molar-refractivity contribution in [2.24, 2.45) is 5.10 Å². The Morgan fingerprint density at radius 1 is 0.674 bits per heavy atom. The van der Waals surface area contributed by atoms with Crippen LogP contribution in [0.15, 0.2) is 139 Å². The second-order valence-corrected chi connectivity index (χ2v) is 10.7. The number of allylic oxidation sites excluding steroid dienone is 1. The smallest absolute Gasteiger partial charge is 0.271 e. The molecule has 232 valence electrons. The number of hydrazone groups is 1. The molecular formula is C39H37N3O4. The molecule has 0 atom stereocenters. The minimum absolute atomic E-state index is 0.282. The predicted octanol–water partition coefficient (Wildman–Crippen LogP) is 7.92. The number of anilines is 1. The minimum Gasteiger partial charge on any atom is -0.485 e. The first kappa shape index (κ1) is 31.6. The summed E-state index contributed by atoms with van der Waals surface area (Å²) in [5, 5.41) is 4.12. The molecule has 0 bridgehead atoms. The number of ether oxygens (including phenoxy) is 3. The average Bonchev–Trinajstić information content (AvgIpc) is 3.10. The molecule has 0 aromatic heterocycles. The first-order valence-electron chi connectivity index (χ1n) is 15.0. The maximum atomic E-state index is 13.3. The van der Waals surface area contributed by atoms with Crippen LogP contribution in [0.1, 0.15) is 32.6 Å². The van der Waals surface area contributed by atoms with Crippen LogP contribution in [0.3, 0.4) is 0 Å². The number of carbonyl (C=O) groups excluding carboxylic acids is 1. The van der Waals surface area contributed by atoms with E-state index in [1.165, 1.54) is 6.21 Å². The van der Waals surface area contributed by atoms with Gasteiger partial charge >= 0.3 is 0 Å². The van der Waals surface area contributed by atoms with Crippen LogP contribution < -0.4 is 24.5 Å². The van der Waals surface area contributed by atoms with Gasteiger partial charge in [-0.25, -0.2) is 5.43 Å². The molecule has 5 aromatic carbocycles. The van der Waals surface area contributed by atoms with E-state index < -0.39 is 5.91 Å². The van der Waals surface area contributed by atoms with Crippen molar-refractivity contribution < 1.29 is 19.0 Å². The summed E-state index contributed by atoms with van der Waals surface area (Å²) in [5.74, 6) is 0.781. The highest BCUT2D eigenvalue weighted by molar-refractivity contribution is 5.96. The number of carbonyl (C=O) groups is 1. The summed E-state index contributed by atoms with van der Waals surface area (Å²) in [6.07, 6.45) is 5.22. The van der Waals surface area contributed by atoms with Gasteiger partial charge in [0.1, 0.15) is 19.8 Å². The van der Waals surface area contributed by atoms with Crippen LogP contribution in [0, 0.1) is 0 Å². The zero-order valence-corrected chi connectivity index (χ0v) is 26.0. The number of hydrogen-bond donors (Lipinski definition) is 1. The van der Waals surface area contributed by atoms with E-state index in [1.54, 1.807) is 18.2 Å². The van der Waals surface area contributed by atoms with Crippen LogP contribution in [-0.4, -0.2) is 26.2 Å². The Morgan fingerprint density at radius 2 is 1.15 bits per heavy atom. The summed E-state index contributed by atoms with van der Waals surface area (Å²) in [4.78, 5) is 15.4. The summed E-state index contributed by atoms with van der Waals surface area (Å²) in [6.45, 7) is 0.860. The molecule has 7 heteroatoms. The largest absolute Gasteiger partial charge is 0.485 e. The fourth-order valence-corrected chi connectivity index (χ4v) is 4.51. The third kappa shape index (κ3) is 9.34. The number of nitrogens with zero attached hydrogens (tertiary/aromatic N) is 2. The van der Waals surface area contributed by atoms with Gasteiger partial charge in [-0.3, -0.25) is 4.79 Å². The van der Waals surface area contributed by atoms with E-state index in [0.717, 1.165) is 27.9 Å². The highest BCUT2D eigenvalue weighted by atomic mass is 16.5. The molecule has 7 nitrogen and oxygen atoms in total.